The second kappa shape index (κ2) is 8.52. The van der Waals surface area contributed by atoms with Crippen molar-refractivity contribution < 1.29 is 9.59 Å². The number of hydrogen-bond donors (Lipinski definition) is 3. The van der Waals surface area contributed by atoms with Crippen LogP contribution in [0.1, 0.15) is 42.0 Å². The second-order valence-corrected chi connectivity index (χ2v) is 6.71. The van der Waals surface area contributed by atoms with Crippen LogP contribution in [-0.4, -0.2) is 18.5 Å². The highest BCUT2D eigenvalue weighted by Crippen LogP contribution is 2.29. The highest BCUT2D eigenvalue weighted by molar-refractivity contribution is 5.89. The zero-order chi connectivity index (χ0) is 18.4. The van der Waals surface area contributed by atoms with E-state index >= 15 is 0 Å². The molecule has 3 N–H and O–H groups in total. The van der Waals surface area contributed by atoms with E-state index in [1.165, 1.54) is 11.1 Å². The maximum atomic E-state index is 12.2. The van der Waals surface area contributed by atoms with Gasteiger partial charge in [0.1, 0.15) is 0 Å². The van der Waals surface area contributed by atoms with Gasteiger partial charge < -0.3 is 16.0 Å². The first-order valence-electron chi connectivity index (χ1n) is 9.10. The van der Waals surface area contributed by atoms with Gasteiger partial charge in [-0.1, -0.05) is 36.4 Å². The lowest BCUT2D eigenvalue weighted by Gasteiger charge is -2.26. The van der Waals surface area contributed by atoms with E-state index in [4.69, 9.17) is 0 Å². The molecule has 0 spiro atoms. The van der Waals surface area contributed by atoms with Crippen LogP contribution in [-0.2, 0) is 11.2 Å². The van der Waals surface area contributed by atoms with Crippen molar-refractivity contribution in [2.75, 3.05) is 11.9 Å². The molecule has 0 aromatic heterocycles. The maximum absolute atomic E-state index is 12.2. The number of carbonyl (C=O) groups is 2. The molecular formula is C21H25N3O2. The first-order chi connectivity index (χ1) is 12.6. The Morgan fingerprint density at radius 3 is 2.81 bits per heavy atom. The highest BCUT2D eigenvalue weighted by Gasteiger charge is 2.21. The molecule has 0 saturated heterocycles. The van der Waals surface area contributed by atoms with Crippen molar-refractivity contribution in [3.8, 4) is 0 Å². The molecule has 1 unspecified atom stereocenters. The van der Waals surface area contributed by atoms with Gasteiger partial charge in [0.25, 0.3) is 0 Å². The first-order valence-corrected chi connectivity index (χ1v) is 9.10. The van der Waals surface area contributed by atoms with E-state index in [9.17, 15) is 9.59 Å². The number of benzene rings is 2. The van der Waals surface area contributed by atoms with Gasteiger partial charge in [0.2, 0.25) is 5.91 Å². The molecule has 0 fully saturated rings. The van der Waals surface area contributed by atoms with E-state index in [1.807, 2.05) is 43.3 Å². The van der Waals surface area contributed by atoms with Crippen LogP contribution in [0.3, 0.4) is 0 Å². The molecule has 2 aromatic carbocycles. The molecule has 136 valence electrons. The van der Waals surface area contributed by atoms with Crippen molar-refractivity contribution in [3.05, 3.63) is 65.2 Å². The summed E-state index contributed by atoms with van der Waals surface area (Å²) in [5, 5.41) is 8.59. The standard InChI is InChI=1S/C21H25N3O2/c1-15-6-4-9-17(14-15)23-21(26)22-13-12-20(25)24-19-11-5-8-16-7-2-3-10-18(16)19/h2-4,6-7,9-10,14,19H,5,8,11-13H2,1H3,(H,24,25)(H2,22,23,26). The smallest absolute Gasteiger partial charge is 0.319 e. The Hall–Kier alpha value is -2.82. The molecule has 5 nitrogen and oxygen atoms in total. The average Bonchev–Trinajstić information content (AvgIpc) is 2.62. The molecule has 0 heterocycles. The predicted octanol–water partition coefficient (Wildman–Crippen LogP) is 3.70. The van der Waals surface area contributed by atoms with Gasteiger partial charge in [-0.2, -0.15) is 0 Å². The summed E-state index contributed by atoms with van der Waals surface area (Å²) < 4.78 is 0. The molecule has 3 rings (SSSR count). The van der Waals surface area contributed by atoms with Crippen molar-refractivity contribution in [1.82, 2.24) is 10.6 Å². The number of aryl methyl sites for hydroxylation is 2. The number of rotatable bonds is 5. The number of hydrogen-bond acceptors (Lipinski definition) is 2. The lowest BCUT2D eigenvalue weighted by Crippen LogP contribution is -2.35. The van der Waals surface area contributed by atoms with Crippen molar-refractivity contribution in [3.63, 3.8) is 0 Å². The molecule has 1 atom stereocenters. The zero-order valence-corrected chi connectivity index (χ0v) is 15.0. The molecule has 0 saturated carbocycles. The van der Waals surface area contributed by atoms with Crippen LogP contribution in [0.15, 0.2) is 48.5 Å². The van der Waals surface area contributed by atoms with Crippen molar-refractivity contribution >= 4 is 17.6 Å². The quantitative estimate of drug-likeness (QED) is 0.769. The third kappa shape index (κ3) is 4.85. The SMILES string of the molecule is Cc1cccc(NC(=O)NCCC(=O)NC2CCCc3ccccc32)c1. The number of carbonyl (C=O) groups excluding carboxylic acids is 2. The van der Waals surface area contributed by atoms with E-state index in [0.29, 0.717) is 6.54 Å². The average molecular weight is 351 g/mol. The van der Waals surface area contributed by atoms with E-state index in [-0.39, 0.29) is 24.4 Å². The lowest BCUT2D eigenvalue weighted by atomic mass is 9.88. The number of urea groups is 1. The first kappa shape index (κ1) is 18.0. The fraction of sp³-hybridized carbons (Fsp3) is 0.333. The summed E-state index contributed by atoms with van der Waals surface area (Å²) in [6, 6.07) is 15.6. The van der Waals surface area contributed by atoms with Crippen LogP contribution in [0.2, 0.25) is 0 Å². The maximum Gasteiger partial charge on any atom is 0.319 e. The van der Waals surface area contributed by atoms with Crippen molar-refractivity contribution in [2.24, 2.45) is 0 Å². The molecule has 5 heteroatoms. The number of fused-ring (bicyclic) bond motifs is 1. The fourth-order valence-corrected chi connectivity index (χ4v) is 3.36. The Labute approximate surface area is 154 Å². The third-order valence-corrected chi connectivity index (χ3v) is 4.62. The van der Waals surface area contributed by atoms with E-state index in [0.717, 1.165) is 30.5 Å². The molecular weight excluding hydrogens is 326 g/mol. The van der Waals surface area contributed by atoms with Gasteiger partial charge in [0, 0.05) is 18.7 Å². The Kier molecular flexibility index (Phi) is 5.89. The molecule has 1 aliphatic rings. The summed E-state index contributed by atoms with van der Waals surface area (Å²) in [7, 11) is 0. The number of amides is 3. The van der Waals surface area contributed by atoms with Gasteiger partial charge in [-0.15, -0.1) is 0 Å². The summed E-state index contributed by atoms with van der Waals surface area (Å²) in [6.07, 6.45) is 3.38. The largest absolute Gasteiger partial charge is 0.349 e. The summed E-state index contributed by atoms with van der Waals surface area (Å²) in [4.78, 5) is 24.1. The van der Waals surface area contributed by atoms with Crippen LogP contribution in [0, 0.1) is 6.92 Å². The number of anilines is 1. The monoisotopic (exact) mass is 351 g/mol. The molecule has 0 aliphatic heterocycles. The van der Waals surface area contributed by atoms with Gasteiger partial charge >= 0.3 is 6.03 Å². The Bertz CT molecular complexity index is 788. The van der Waals surface area contributed by atoms with Crippen LogP contribution < -0.4 is 16.0 Å². The van der Waals surface area contributed by atoms with Crippen molar-refractivity contribution in [1.29, 1.82) is 0 Å². The Balaban J connectivity index is 1.43. The minimum absolute atomic E-state index is 0.0393. The molecule has 0 radical (unpaired) electrons. The van der Waals surface area contributed by atoms with E-state index in [1.54, 1.807) is 0 Å². The minimum Gasteiger partial charge on any atom is -0.349 e. The normalized spacial score (nSPS) is 15.7. The molecule has 0 bridgehead atoms. The van der Waals surface area contributed by atoms with Crippen LogP contribution in [0.25, 0.3) is 0 Å². The third-order valence-electron chi connectivity index (χ3n) is 4.62. The van der Waals surface area contributed by atoms with Crippen LogP contribution in [0.5, 0.6) is 0 Å². The summed E-state index contributed by atoms with van der Waals surface area (Å²) in [6.45, 7) is 2.27. The predicted molar refractivity (Wildman–Crippen MR) is 103 cm³/mol. The minimum atomic E-state index is -0.300. The lowest BCUT2D eigenvalue weighted by molar-refractivity contribution is -0.121. The fourth-order valence-electron chi connectivity index (χ4n) is 3.36. The van der Waals surface area contributed by atoms with E-state index in [2.05, 4.69) is 28.1 Å². The highest BCUT2D eigenvalue weighted by atomic mass is 16.2. The van der Waals surface area contributed by atoms with E-state index < -0.39 is 0 Å². The summed E-state index contributed by atoms with van der Waals surface area (Å²) >= 11 is 0. The van der Waals surface area contributed by atoms with Crippen molar-refractivity contribution in [2.45, 2.75) is 38.6 Å². The van der Waals surface area contributed by atoms with Gasteiger partial charge in [-0.05, 0) is 55.0 Å². The zero-order valence-electron chi connectivity index (χ0n) is 15.0. The Morgan fingerprint density at radius 1 is 1.12 bits per heavy atom. The van der Waals surface area contributed by atoms with Gasteiger partial charge in [-0.25, -0.2) is 4.79 Å². The number of nitrogens with one attached hydrogen (secondary N) is 3. The summed E-state index contributed by atoms with van der Waals surface area (Å²) in [5.74, 6) is -0.0393. The topological polar surface area (TPSA) is 70.2 Å². The van der Waals surface area contributed by atoms with Gasteiger partial charge in [0.15, 0.2) is 0 Å². The molecule has 2 aromatic rings. The Morgan fingerprint density at radius 2 is 1.96 bits per heavy atom. The summed E-state index contributed by atoms with van der Waals surface area (Å²) in [5.41, 5.74) is 4.36. The van der Waals surface area contributed by atoms with Crippen LogP contribution >= 0.6 is 0 Å². The second-order valence-electron chi connectivity index (χ2n) is 6.71. The van der Waals surface area contributed by atoms with Crippen LogP contribution in [0.4, 0.5) is 10.5 Å². The molecule has 3 amide bonds. The molecule has 1 aliphatic carbocycles. The van der Waals surface area contributed by atoms with Gasteiger partial charge in [0.05, 0.1) is 6.04 Å². The van der Waals surface area contributed by atoms with Gasteiger partial charge in [-0.3, -0.25) is 4.79 Å². The molecule has 26 heavy (non-hydrogen) atoms.